The molecule has 1 heterocycles. The van der Waals surface area contributed by atoms with Crippen molar-refractivity contribution in [1.82, 2.24) is 10.2 Å². The lowest BCUT2D eigenvalue weighted by Gasteiger charge is -2.24. The first-order chi connectivity index (χ1) is 13.7. The topological polar surface area (TPSA) is 49.3 Å². The van der Waals surface area contributed by atoms with Gasteiger partial charge in [0.2, 0.25) is 0 Å². The smallest absolute Gasteiger partial charge is 0.193 e. The molecule has 1 aromatic rings. The van der Waals surface area contributed by atoms with Crippen molar-refractivity contribution in [3.8, 4) is 0 Å². The second-order valence-corrected chi connectivity index (χ2v) is 7.32. The highest BCUT2D eigenvalue weighted by Gasteiger charge is 2.24. The zero-order valence-corrected chi connectivity index (χ0v) is 20.9. The van der Waals surface area contributed by atoms with E-state index in [4.69, 9.17) is 14.5 Å². The zero-order chi connectivity index (χ0) is 20.2. The number of rotatable bonds is 11. The Balaban J connectivity index is 0.00000420. The number of anilines is 1. The number of benzene rings is 1. The van der Waals surface area contributed by atoms with E-state index in [0.29, 0.717) is 19.1 Å². The third-order valence-corrected chi connectivity index (χ3v) is 5.09. The van der Waals surface area contributed by atoms with Crippen LogP contribution in [0.2, 0.25) is 0 Å². The largest absolute Gasteiger partial charge is 0.382 e. The molecule has 166 valence electrons. The number of hydrogen-bond donors (Lipinski definition) is 1. The van der Waals surface area contributed by atoms with Crippen LogP contribution in [0.25, 0.3) is 0 Å². The molecule has 1 unspecified atom stereocenters. The van der Waals surface area contributed by atoms with Crippen molar-refractivity contribution in [2.24, 2.45) is 10.9 Å². The van der Waals surface area contributed by atoms with E-state index in [0.717, 1.165) is 58.3 Å². The van der Waals surface area contributed by atoms with E-state index in [-0.39, 0.29) is 24.0 Å². The van der Waals surface area contributed by atoms with Gasteiger partial charge in [-0.15, -0.1) is 24.0 Å². The molecule has 0 radical (unpaired) electrons. The number of nitrogens with one attached hydrogen (secondary N) is 1. The Morgan fingerprint density at radius 3 is 2.83 bits per heavy atom. The molecular formula is C22H39IN4O2. The predicted octanol–water partition coefficient (Wildman–Crippen LogP) is 3.39. The molecular weight excluding hydrogens is 479 g/mol. The molecule has 2 rings (SSSR count). The van der Waals surface area contributed by atoms with E-state index in [9.17, 15) is 0 Å². The summed E-state index contributed by atoms with van der Waals surface area (Å²) in [5.41, 5.74) is 2.57. The van der Waals surface area contributed by atoms with Crippen LogP contribution in [0.3, 0.4) is 0 Å². The van der Waals surface area contributed by atoms with Crippen LogP contribution in [0.5, 0.6) is 0 Å². The van der Waals surface area contributed by atoms with Crippen LogP contribution in [0.15, 0.2) is 29.3 Å². The SMILES string of the molecule is CCNC(=NCCN(CC)c1cccc(C)c1)N1CCC(COCCOC)C1.I. The van der Waals surface area contributed by atoms with Crippen molar-refractivity contribution in [2.75, 3.05) is 71.1 Å². The summed E-state index contributed by atoms with van der Waals surface area (Å²) in [6.45, 7) is 14.2. The van der Waals surface area contributed by atoms with Crippen LogP contribution >= 0.6 is 24.0 Å². The Bertz CT molecular complexity index is 600. The van der Waals surface area contributed by atoms with Gasteiger partial charge in [0, 0.05) is 51.4 Å². The average Bonchev–Trinajstić information content (AvgIpc) is 3.16. The highest BCUT2D eigenvalue weighted by molar-refractivity contribution is 14.0. The number of likely N-dealkylation sites (N-methyl/N-ethyl adjacent to an activating group) is 1. The van der Waals surface area contributed by atoms with Crippen molar-refractivity contribution < 1.29 is 9.47 Å². The van der Waals surface area contributed by atoms with E-state index in [2.05, 4.69) is 60.2 Å². The molecule has 0 saturated carbocycles. The van der Waals surface area contributed by atoms with Crippen molar-refractivity contribution >= 4 is 35.6 Å². The number of hydrogen-bond acceptors (Lipinski definition) is 4. The van der Waals surface area contributed by atoms with Crippen molar-refractivity contribution in [3.05, 3.63) is 29.8 Å². The number of likely N-dealkylation sites (tertiary alicyclic amines) is 1. The molecule has 1 saturated heterocycles. The van der Waals surface area contributed by atoms with Gasteiger partial charge in [-0.25, -0.2) is 0 Å². The maximum absolute atomic E-state index is 5.71. The summed E-state index contributed by atoms with van der Waals surface area (Å²) in [4.78, 5) is 9.66. The van der Waals surface area contributed by atoms with E-state index in [1.54, 1.807) is 7.11 Å². The maximum atomic E-state index is 5.71. The molecule has 0 spiro atoms. The molecule has 1 aliphatic heterocycles. The van der Waals surface area contributed by atoms with Gasteiger partial charge in [0.1, 0.15) is 0 Å². The lowest BCUT2D eigenvalue weighted by Crippen LogP contribution is -2.41. The molecule has 29 heavy (non-hydrogen) atoms. The van der Waals surface area contributed by atoms with Crippen LogP contribution < -0.4 is 10.2 Å². The minimum absolute atomic E-state index is 0. The summed E-state index contributed by atoms with van der Waals surface area (Å²) in [5, 5.41) is 3.46. The van der Waals surface area contributed by atoms with Crippen LogP contribution in [0, 0.1) is 12.8 Å². The van der Waals surface area contributed by atoms with Gasteiger partial charge in [0.15, 0.2) is 5.96 Å². The molecule has 1 N–H and O–H groups in total. The molecule has 1 atom stereocenters. The number of ether oxygens (including phenoxy) is 2. The molecule has 7 heteroatoms. The number of nitrogens with zero attached hydrogens (tertiary/aromatic N) is 3. The number of methoxy groups -OCH3 is 1. The summed E-state index contributed by atoms with van der Waals surface area (Å²) in [7, 11) is 1.71. The first-order valence-corrected chi connectivity index (χ1v) is 10.6. The molecule has 6 nitrogen and oxygen atoms in total. The van der Waals surface area contributed by atoms with Crippen molar-refractivity contribution in [2.45, 2.75) is 27.2 Å². The lowest BCUT2D eigenvalue weighted by molar-refractivity contribution is 0.0536. The van der Waals surface area contributed by atoms with Crippen molar-refractivity contribution in [1.29, 1.82) is 0 Å². The van der Waals surface area contributed by atoms with Crippen LogP contribution in [-0.2, 0) is 9.47 Å². The summed E-state index contributed by atoms with van der Waals surface area (Å²) >= 11 is 0. The molecule has 1 fully saturated rings. The zero-order valence-electron chi connectivity index (χ0n) is 18.5. The fourth-order valence-corrected chi connectivity index (χ4v) is 3.55. The average molecular weight is 518 g/mol. The lowest BCUT2D eigenvalue weighted by atomic mass is 10.1. The van der Waals surface area contributed by atoms with E-state index in [1.165, 1.54) is 11.3 Å². The molecule has 0 aliphatic carbocycles. The summed E-state index contributed by atoms with van der Waals surface area (Å²) in [5.74, 6) is 1.60. The third kappa shape index (κ3) is 9.09. The highest BCUT2D eigenvalue weighted by Crippen LogP contribution is 2.17. The van der Waals surface area contributed by atoms with E-state index in [1.807, 2.05) is 0 Å². The number of aryl methyl sites for hydroxylation is 1. The fraction of sp³-hybridized carbons (Fsp3) is 0.682. The van der Waals surface area contributed by atoms with E-state index >= 15 is 0 Å². The minimum atomic E-state index is 0. The normalized spacial score (nSPS) is 16.6. The van der Waals surface area contributed by atoms with Crippen molar-refractivity contribution in [3.63, 3.8) is 0 Å². The summed E-state index contributed by atoms with van der Waals surface area (Å²) in [6, 6.07) is 8.69. The number of aliphatic imine (C=N–C) groups is 1. The van der Waals surface area contributed by atoms with Gasteiger partial charge in [-0.1, -0.05) is 12.1 Å². The molecule has 1 aliphatic rings. The predicted molar refractivity (Wildman–Crippen MR) is 133 cm³/mol. The van der Waals surface area contributed by atoms with Crippen LogP contribution in [0.1, 0.15) is 25.8 Å². The molecule has 0 amide bonds. The van der Waals surface area contributed by atoms with Gasteiger partial charge in [-0.3, -0.25) is 4.99 Å². The van der Waals surface area contributed by atoms with Gasteiger partial charge in [-0.05, 0) is 44.9 Å². The summed E-state index contributed by atoms with van der Waals surface area (Å²) in [6.07, 6.45) is 1.15. The Labute approximate surface area is 194 Å². The first-order valence-electron chi connectivity index (χ1n) is 10.6. The highest BCUT2D eigenvalue weighted by atomic mass is 127. The monoisotopic (exact) mass is 518 g/mol. The van der Waals surface area contributed by atoms with Gasteiger partial charge < -0.3 is 24.6 Å². The van der Waals surface area contributed by atoms with E-state index < -0.39 is 0 Å². The Morgan fingerprint density at radius 2 is 2.14 bits per heavy atom. The second kappa shape index (κ2) is 14.8. The Morgan fingerprint density at radius 1 is 1.31 bits per heavy atom. The standard InChI is InChI=1S/C22H38N4O2.HI/c1-5-23-22(26-12-10-20(17-26)18-28-15-14-27-4)24-11-13-25(6-2)21-9-7-8-19(3)16-21;/h7-9,16,20H,5-6,10-15,17-18H2,1-4H3,(H,23,24);1H. The molecule has 0 aromatic heterocycles. The summed E-state index contributed by atoms with van der Waals surface area (Å²) < 4.78 is 10.8. The fourth-order valence-electron chi connectivity index (χ4n) is 3.55. The Kier molecular flexibility index (Phi) is 13.3. The van der Waals surface area contributed by atoms with Gasteiger partial charge in [0.25, 0.3) is 0 Å². The van der Waals surface area contributed by atoms with Crippen LogP contribution in [-0.4, -0.2) is 77.1 Å². The quantitative estimate of drug-likeness (QED) is 0.211. The first kappa shape index (κ1) is 26.0. The van der Waals surface area contributed by atoms with Crippen LogP contribution in [0.4, 0.5) is 5.69 Å². The van der Waals surface area contributed by atoms with Gasteiger partial charge >= 0.3 is 0 Å². The maximum Gasteiger partial charge on any atom is 0.193 e. The van der Waals surface area contributed by atoms with Gasteiger partial charge in [-0.2, -0.15) is 0 Å². The number of guanidine groups is 1. The third-order valence-electron chi connectivity index (χ3n) is 5.09. The number of halogens is 1. The molecule has 0 bridgehead atoms. The minimum Gasteiger partial charge on any atom is -0.382 e. The second-order valence-electron chi connectivity index (χ2n) is 7.32. The Hall–Kier alpha value is -1.06. The molecule has 1 aromatic carbocycles. The van der Waals surface area contributed by atoms with Gasteiger partial charge in [0.05, 0.1) is 26.4 Å².